The predicted octanol–water partition coefficient (Wildman–Crippen LogP) is 1.61. The van der Waals surface area contributed by atoms with Gasteiger partial charge in [-0.05, 0) is 63.2 Å². The zero-order valence-electron chi connectivity index (χ0n) is 18.7. The number of nitrogen functional groups attached to an aromatic ring is 1. The first kappa shape index (κ1) is 22.4. The number of aromatic hydroxyl groups is 1. The van der Waals surface area contributed by atoms with E-state index in [2.05, 4.69) is 0 Å². The molecule has 1 aromatic rings. The first-order valence-corrected chi connectivity index (χ1v) is 11.7. The molecule has 3 aliphatic carbocycles. The van der Waals surface area contributed by atoms with Gasteiger partial charge in [-0.2, -0.15) is 0 Å². The van der Waals surface area contributed by atoms with Crippen molar-refractivity contribution in [3.63, 3.8) is 0 Å². The molecule has 0 atom stereocenters. The number of rotatable bonds is 7. The van der Waals surface area contributed by atoms with Gasteiger partial charge in [0.2, 0.25) is 5.88 Å². The summed E-state index contributed by atoms with van der Waals surface area (Å²) in [5.74, 6) is -1.05. The van der Waals surface area contributed by atoms with Gasteiger partial charge in [-0.25, -0.2) is 9.59 Å². The summed E-state index contributed by atoms with van der Waals surface area (Å²) in [6, 6.07) is -0.125. The number of aromatic nitrogens is 2. The van der Waals surface area contributed by atoms with Gasteiger partial charge in [0, 0.05) is 24.7 Å². The molecule has 1 heterocycles. The molecule has 32 heavy (non-hydrogen) atoms. The molecular weight excluding hydrogens is 412 g/mol. The fourth-order valence-electron chi connectivity index (χ4n) is 5.76. The summed E-state index contributed by atoms with van der Waals surface area (Å²) in [6.07, 6.45) is 8.43. The highest BCUT2D eigenvalue weighted by molar-refractivity contribution is 5.96. The number of carbonyl (C=O) groups is 1. The zero-order valence-corrected chi connectivity index (χ0v) is 18.7. The second-order valence-electron chi connectivity index (χ2n) is 9.85. The third-order valence-electron chi connectivity index (χ3n) is 7.66. The maximum Gasteiger partial charge on any atom is 0.334 e. The number of nitrogens with one attached hydrogen (secondary N) is 1. The number of unbranched alkanes of at least 4 members (excludes halogenated alkanes) is 1. The Bertz CT molecular complexity index is 1020. The topological polar surface area (TPSA) is 160 Å². The van der Waals surface area contributed by atoms with E-state index in [4.69, 9.17) is 16.9 Å². The summed E-state index contributed by atoms with van der Waals surface area (Å²) >= 11 is 0. The Hall–Kier alpha value is -2.78. The molecule has 10 nitrogen and oxygen atoms in total. The van der Waals surface area contributed by atoms with E-state index in [0.29, 0.717) is 25.3 Å². The fraction of sp³-hybridized carbons (Fsp3) is 0.727. The van der Waals surface area contributed by atoms with E-state index in [1.165, 1.54) is 9.13 Å². The summed E-state index contributed by atoms with van der Waals surface area (Å²) in [5.41, 5.74) is 9.80. The Morgan fingerprint density at radius 1 is 1.16 bits per heavy atom. The van der Waals surface area contributed by atoms with Gasteiger partial charge < -0.3 is 21.5 Å². The van der Waals surface area contributed by atoms with Gasteiger partial charge in [0.15, 0.2) is 0 Å². The third-order valence-corrected chi connectivity index (χ3v) is 7.66. The van der Waals surface area contributed by atoms with Gasteiger partial charge in [-0.15, -0.1) is 0 Å². The predicted molar refractivity (Wildman–Crippen MR) is 120 cm³/mol. The van der Waals surface area contributed by atoms with Crippen LogP contribution in [0.15, 0.2) is 9.59 Å². The number of carbonyl (C=O) groups excluding carboxylic acids is 1. The second kappa shape index (κ2) is 8.29. The zero-order chi connectivity index (χ0) is 23.2. The Morgan fingerprint density at radius 3 is 2.28 bits per heavy atom. The molecule has 4 rings (SSSR count). The van der Waals surface area contributed by atoms with Crippen molar-refractivity contribution < 1.29 is 9.90 Å². The van der Waals surface area contributed by atoms with Crippen molar-refractivity contribution in [1.29, 1.82) is 5.41 Å². The summed E-state index contributed by atoms with van der Waals surface area (Å²) in [6.45, 7) is 2.24. The van der Waals surface area contributed by atoms with Crippen molar-refractivity contribution in [1.82, 2.24) is 14.0 Å². The van der Waals surface area contributed by atoms with Crippen molar-refractivity contribution in [3.8, 4) is 5.88 Å². The average molecular weight is 447 g/mol. The molecule has 0 unspecified atom stereocenters. The normalized spacial score (nSPS) is 27.2. The van der Waals surface area contributed by atoms with Crippen molar-refractivity contribution in [3.05, 3.63) is 26.4 Å². The van der Waals surface area contributed by atoms with Gasteiger partial charge in [-0.1, -0.05) is 13.3 Å². The van der Waals surface area contributed by atoms with Crippen LogP contribution in [0.3, 0.4) is 0 Å². The summed E-state index contributed by atoms with van der Waals surface area (Å²) < 4.78 is 2.38. The van der Waals surface area contributed by atoms with Crippen LogP contribution in [0.2, 0.25) is 0 Å². The number of hydrogen-bond donors (Lipinski definition) is 4. The number of urea groups is 1. The number of nitrogens with two attached hydrogens (primary N) is 2. The number of nitrogens with zero attached hydrogens (tertiary/aromatic N) is 3. The van der Waals surface area contributed by atoms with Crippen molar-refractivity contribution in [2.75, 3.05) is 0 Å². The van der Waals surface area contributed by atoms with Crippen LogP contribution < -0.4 is 22.7 Å². The third kappa shape index (κ3) is 3.80. The molecule has 1 spiro atoms. The molecule has 3 aliphatic rings. The van der Waals surface area contributed by atoms with Crippen LogP contribution in [0.25, 0.3) is 0 Å². The Balaban J connectivity index is 1.53. The molecule has 0 aliphatic heterocycles. The highest BCUT2D eigenvalue weighted by Crippen LogP contribution is 2.56. The number of primary amides is 1. The van der Waals surface area contributed by atoms with Crippen LogP contribution in [-0.2, 0) is 6.54 Å². The first-order chi connectivity index (χ1) is 15.2. The van der Waals surface area contributed by atoms with E-state index in [9.17, 15) is 19.5 Å². The van der Waals surface area contributed by atoms with E-state index < -0.39 is 23.0 Å². The second-order valence-corrected chi connectivity index (χ2v) is 9.85. The monoisotopic (exact) mass is 446 g/mol. The molecule has 3 saturated carbocycles. The minimum atomic E-state index is -0.686. The van der Waals surface area contributed by atoms with E-state index >= 15 is 0 Å². The van der Waals surface area contributed by atoms with Gasteiger partial charge >= 0.3 is 11.7 Å². The number of amidine groups is 1. The van der Waals surface area contributed by atoms with Crippen LogP contribution >= 0.6 is 0 Å². The standard InChI is InChI=1S/C22H34N6O4/c1-2-3-10-26-18(29)16(17(23)24)19(30)28(21(26)32)14-6-8-22(9-7-14)11-15(12-22)27(20(25)31)13-4-5-13/h13-15,29H,2-12H2,1H3,(H3,23,24)(H2,25,31). The van der Waals surface area contributed by atoms with Crippen LogP contribution in [0.4, 0.5) is 4.79 Å². The molecule has 6 N–H and O–H groups in total. The van der Waals surface area contributed by atoms with Gasteiger partial charge in [0.25, 0.3) is 5.56 Å². The lowest BCUT2D eigenvalue weighted by Gasteiger charge is -2.54. The highest BCUT2D eigenvalue weighted by atomic mass is 16.3. The van der Waals surface area contributed by atoms with E-state index in [1.54, 1.807) is 0 Å². The molecular formula is C22H34N6O4. The summed E-state index contributed by atoms with van der Waals surface area (Å²) in [7, 11) is 0. The average Bonchev–Trinajstić information content (AvgIpc) is 3.52. The Labute approximate surface area is 186 Å². The molecule has 3 fully saturated rings. The largest absolute Gasteiger partial charge is 0.494 e. The molecule has 0 aromatic carbocycles. The summed E-state index contributed by atoms with van der Waals surface area (Å²) in [5, 5.41) is 18.2. The lowest BCUT2D eigenvalue weighted by Crippen LogP contribution is -2.56. The van der Waals surface area contributed by atoms with Gasteiger partial charge in [-0.3, -0.25) is 19.3 Å². The van der Waals surface area contributed by atoms with Crippen LogP contribution in [0.1, 0.15) is 82.7 Å². The van der Waals surface area contributed by atoms with Crippen LogP contribution in [0.5, 0.6) is 5.88 Å². The van der Waals surface area contributed by atoms with E-state index in [1.807, 2.05) is 11.8 Å². The minimum Gasteiger partial charge on any atom is -0.494 e. The number of hydrogen-bond acceptors (Lipinski definition) is 5. The molecule has 176 valence electrons. The lowest BCUT2D eigenvalue weighted by atomic mass is 9.57. The molecule has 10 heteroatoms. The van der Waals surface area contributed by atoms with Gasteiger partial charge in [0.05, 0.1) is 0 Å². The van der Waals surface area contributed by atoms with E-state index in [0.717, 1.165) is 44.9 Å². The smallest absolute Gasteiger partial charge is 0.334 e. The van der Waals surface area contributed by atoms with E-state index in [-0.39, 0.29) is 35.6 Å². The maximum atomic E-state index is 13.1. The van der Waals surface area contributed by atoms with Crippen molar-refractivity contribution in [2.24, 2.45) is 16.9 Å². The SMILES string of the molecule is CCCCn1c(O)c(C(=N)N)c(=O)n(C2CCC3(CC2)CC(N(C(N)=O)C2CC2)C3)c1=O. The molecule has 2 amide bonds. The minimum absolute atomic E-state index is 0.134. The van der Waals surface area contributed by atoms with Crippen LogP contribution in [-0.4, -0.2) is 43.1 Å². The van der Waals surface area contributed by atoms with Gasteiger partial charge in [0.1, 0.15) is 11.4 Å². The van der Waals surface area contributed by atoms with Crippen molar-refractivity contribution >= 4 is 11.9 Å². The number of amides is 2. The first-order valence-electron chi connectivity index (χ1n) is 11.7. The van der Waals surface area contributed by atoms with Crippen LogP contribution in [0, 0.1) is 10.8 Å². The Kier molecular flexibility index (Phi) is 5.81. The fourth-order valence-corrected chi connectivity index (χ4v) is 5.76. The molecule has 0 saturated heterocycles. The lowest BCUT2D eigenvalue weighted by molar-refractivity contribution is -0.0198. The maximum absolute atomic E-state index is 13.1. The molecule has 0 radical (unpaired) electrons. The Morgan fingerprint density at radius 2 is 1.78 bits per heavy atom. The quantitative estimate of drug-likeness (QED) is 0.369. The molecule has 0 bridgehead atoms. The molecule has 1 aromatic heterocycles. The summed E-state index contributed by atoms with van der Waals surface area (Å²) in [4.78, 5) is 39.9. The van der Waals surface area contributed by atoms with Crippen molar-refractivity contribution in [2.45, 2.75) is 95.8 Å². The highest BCUT2D eigenvalue weighted by Gasteiger charge is 2.51.